The van der Waals surface area contributed by atoms with Crippen LogP contribution in [-0.2, 0) is 15.9 Å². The van der Waals surface area contributed by atoms with Crippen molar-refractivity contribution in [3.8, 4) is 0 Å². The van der Waals surface area contributed by atoms with E-state index in [1.807, 2.05) is 29.2 Å². The number of carbonyl (C=O) groups is 1. The molecule has 5 rings (SSSR count). The Bertz CT molecular complexity index is 1190. The van der Waals surface area contributed by atoms with Crippen LogP contribution >= 0.6 is 0 Å². The number of fused-ring (bicyclic) bond motifs is 1. The molecule has 0 saturated carbocycles. The highest BCUT2D eigenvalue weighted by atomic mass is 16.7. The normalized spacial score (nSPS) is 20.3. The van der Waals surface area contributed by atoms with E-state index in [9.17, 15) is 4.79 Å². The summed E-state index contributed by atoms with van der Waals surface area (Å²) in [4.78, 5) is 18.6. The molecule has 3 heterocycles. The van der Waals surface area contributed by atoms with Crippen LogP contribution in [0.2, 0.25) is 0 Å². The number of hydrogen-bond donors (Lipinski definition) is 2. The van der Waals surface area contributed by atoms with Crippen LogP contribution in [0.25, 0.3) is 10.9 Å². The van der Waals surface area contributed by atoms with Crippen molar-refractivity contribution < 1.29 is 14.1 Å². The van der Waals surface area contributed by atoms with Gasteiger partial charge in [0.25, 0.3) is 5.91 Å². The Hall–Kier alpha value is -2.61. The number of likely N-dealkylation sites (tertiary alicyclic amines) is 1. The molecule has 2 aromatic carbocycles. The molecule has 3 aromatic rings. The topological polar surface area (TPSA) is 80.6 Å². The molecule has 178 valence electrons. The van der Waals surface area contributed by atoms with E-state index in [1.165, 1.54) is 5.56 Å². The Morgan fingerprint density at radius 1 is 1.06 bits per heavy atom. The van der Waals surface area contributed by atoms with E-state index in [4.69, 9.17) is 15.0 Å². The van der Waals surface area contributed by atoms with Crippen LogP contribution in [0.3, 0.4) is 0 Å². The van der Waals surface area contributed by atoms with Gasteiger partial charge in [-0.3, -0.25) is 4.79 Å². The van der Waals surface area contributed by atoms with Gasteiger partial charge >= 0.3 is 7.12 Å². The van der Waals surface area contributed by atoms with Crippen molar-refractivity contribution in [3.63, 3.8) is 0 Å². The Morgan fingerprint density at radius 2 is 1.76 bits per heavy atom. The summed E-state index contributed by atoms with van der Waals surface area (Å²) in [6, 6.07) is 16.6. The summed E-state index contributed by atoms with van der Waals surface area (Å²) in [6.45, 7) is 10.3. The summed E-state index contributed by atoms with van der Waals surface area (Å²) in [5, 5.41) is 1.01. The highest BCUT2D eigenvalue weighted by Crippen LogP contribution is 2.36. The number of amides is 1. The molecule has 2 aliphatic heterocycles. The van der Waals surface area contributed by atoms with E-state index in [1.54, 1.807) is 0 Å². The van der Waals surface area contributed by atoms with Gasteiger partial charge in [0.2, 0.25) is 0 Å². The van der Waals surface area contributed by atoms with Crippen LogP contribution in [0.4, 0.5) is 0 Å². The van der Waals surface area contributed by atoms with Gasteiger partial charge in [0.15, 0.2) is 0 Å². The zero-order valence-corrected chi connectivity index (χ0v) is 20.6. The number of nitrogens with two attached hydrogens (primary N) is 1. The van der Waals surface area contributed by atoms with Gasteiger partial charge in [-0.25, -0.2) is 0 Å². The van der Waals surface area contributed by atoms with Crippen LogP contribution in [0, 0.1) is 0 Å². The summed E-state index contributed by atoms with van der Waals surface area (Å²) in [5.41, 5.74) is 10.0. The first kappa shape index (κ1) is 23.2. The number of piperidine rings is 1. The van der Waals surface area contributed by atoms with Crippen LogP contribution in [0.1, 0.15) is 68.1 Å². The zero-order chi connectivity index (χ0) is 24.1. The Morgan fingerprint density at radius 3 is 2.44 bits per heavy atom. The fraction of sp³-hybridized carbons (Fsp3) is 0.444. The second-order valence-corrected chi connectivity index (χ2v) is 10.6. The first-order valence-corrected chi connectivity index (χ1v) is 12.2. The van der Waals surface area contributed by atoms with E-state index in [0.29, 0.717) is 18.2 Å². The molecule has 0 radical (unpaired) electrons. The molecule has 0 atom stereocenters. The predicted molar refractivity (Wildman–Crippen MR) is 136 cm³/mol. The largest absolute Gasteiger partial charge is 0.494 e. The Kier molecular flexibility index (Phi) is 5.83. The molecule has 0 aliphatic carbocycles. The van der Waals surface area contributed by atoms with Crippen molar-refractivity contribution in [2.75, 3.05) is 13.1 Å². The van der Waals surface area contributed by atoms with Crippen LogP contribution < -0.4 is 11.2 Å². The maximum absolute atomic E-state index is 13.3. The van der Waals surface area contributed by atoms with Crippen molar-refractivity contribution in [2.45, 2.75) is 64.2 Å². The summed E-state index contributed by atoms with van der Waals surface area (Å²) in [5.74, 6) is 0.531. The lowest BCUT2D eigenvalue weighted by atomic mass is 9.79. The SMILES string of the molecule is CC1(C)OB(c2ccc3cc(C(=O)N4CCC(c5cccc(CN)c5)CC4)[nH]c3c2)OC1(C)C. The third-order valence-corrected chi connectivity index (χ3v) is 7.84. The molecule has 2 saturated heterocycles. The first-order chi connectivity index (χ1) is 16.2. The van der Waals surface area contributed by atoms with E-state index in [0.717, 1.165) is 47.9 Å². The zero-order valence-electron chi connectivity index (χ0n) is 20.6. The van der Waals surface area contributed by atoms with E-state index < -0.39 is 7.12 Å². The van der Waals surface area contributed by atoms with Gasteiger partial charge in [-0.05, 0) is 75.2 Å². The third-order valence-electron chi connectivity index (χ3n) is 7.84. The molecule has 3 N–H and O–H groups in total. The van der Waals surface area contributed by atoms with Crippen LogP contribution in [0.15, 0.2) is 48.5 Å². The fourth-order valence-electron chi connectivity index (χ4n) is 4.95. The van der Waals surface area contributed by atoms with Gasteiger partial charge in [0, 0.05) is 30.5 Å². The summed E-state index contributed by atoms with van der Waals surface area (Å²) in [6.07, 6.45) is 1.93. The molecule has 34 heavy (non-hydrogen) atoms. The van der Waals surface area contributed by atoms with Gasteiger partial charge < -0.3 is 24.9 Å². The number of carbonyl (C=O) groups excluding carboxylic acids is 1. The van der Waals surface area contributed by atoms with E-state index in [2.05, 4.69) is 56.9 Å². The average molecular weight is 459 g/mol. The van der Waals surface area contributed by atoms with Gasteiger partial charge in [-0.15, -0.1) is 0 Å². The standard InChI is InChI=1S/C27H34BN3O3/c1-26(2)27(3,4)34-28(33-26)22-9-8-21-15-24(30-23(21)16-22)25(32)31-12-10-19(11-13-31)20-7-5-6-18(14-20)17-29/h5-9,14-16,19,30H,10-13,17,29H2,1-4H3. The van der Waals surface area contributed by atoms with Crippen molar-refractivity contribution >= 4 is 29.4 Å². The monoisotopic (exact) mass is 459 g/mol. The number of rotatable bonds is 4. The second kappa shape index (κ2) is 8.56. The molecule has 6 nitrogen and oxygen atoms in total. The van der Waals surface area contributed by atoms with Crippen molar-refractivity contribution in [2.24, 2.45) is 5.73 Å². The molecular weight excluding hydrogens is 425 g/mol. The molecule has 0 spiro atoms. The van der Waals surface area contributed by atoms with Crippen molar-refractivity contribution in [1.82, 2.24) is 9.88 Å². The number of H-pyrrole nitrogens is 1. The molecule has 7 heteroatoms. The van der Waals surface area contributed by atoms with Gasteiger partial charge in [-0.1, -0.05) is 36.4 Å². The minimum Gasteiger partial charge on any atom is -0.399 e. The number of hydrogen-bond acceptors (Lipinski definition) is 4. The maximum Gasteiger partial charge on any atom is 0.494 e. The van der Waals surface area contributed by atoms with Crippen LogP contribution in [0.5, 0.6) is 0 Å². The quantitative estimate of drug-likeness (QED) is 0.580. The van der Waals surface area contributed by atoms with Gasteiger partial charge in [-0.2, -0.15) is 0 Å². The number of benzene rings is 2. The first-order valence-electron chi connectivity index (χ1n) is 12.2. The molecule has 2 aliphatic rings. The summed E-state index contributed by atoms with van der Waals surface area (Å²) in [7, 11) is -0.423. The minimum absolute atomic E-state index is 0.0579. The number of aromatic nitrogens is 1. The molecule has 1 aromatic heterocycles. The molecule has 1 amide bonds. The number of aromatic amines is 1. The van der Waals surface area contributed by atoms with Gasteiger partial charge in [0.1, 0.15) is 5.69 Å². The molecular formula is C27H34BN3O3. The molecule has 2 fully saturated rings. The van der Waals surface area contributed by atoms with Crippen molar-refractivity contribution in [1.29, 1.82) is 0 Å². The minimum atomic E-state index is -0.423. The average Bonchev–Trinajstić information content (AvgIpc) is 3.35. The lowest BCUT2D eigenvalue weighted by molar-refractivity contribution is 0.00578. The summed E-state index contributed by atoms with van der Waals surface area (Å²) >= 11 is 0. The number of nitrogens with zero attached hydrogens (tertiary/aromatic N) is 1. The Labute approximate surface area is 201 Å². The van der Waals surface area contributed by atoms with Gasteiger partial charge in [0.05, 0.1) is 11.2 Å². The van der Waals surface area contributed by atoms with E-state index >= 15 is 0 Å². The summed E-state index contributed by atoms with van der Waals surface area (Å²) < 4.78 is 12.4. The Balaban J connectivity index is 1.28. The molecule has 0 unspecified atom stereocenters. The van der Waals surface area contributed by atoms with Crippen molar-refractivity contribution in [3.05, 3.63) is 65.4 Å². The van der Waals surface area contributed by atoms with E-state index in [-0.39, 0.29) is 17.1 Å². The number of nitrogens with one attached hydrogen (secondary N) is 1. The maximum atomic E-state index is 13.3. The van der Waals surface area contributed by atoms with Crippen LogP contribution in [-0.4, -0.2) is 47.2 Å². The smallest absolute Gasteiger partial charge is 0.399 e. The third kappa shape index (κ3) is 4.17. The highest BCUT2D eigenvalue weighted by molar-refractivity contribution is 6.62. The lowest BCUT2D eigenvalue weighted by Crippen LogP contribution is -2.41. The fourth-order valence-corrected chi connectivity index (χ4v) is 4.95. The second-order valence-electron chi connectivity index (χ2n) is 10.6. The highest BCUT2D eigenvalue weighted by Gasteiger charge is 2.51. The lowest BCUT2D eigenvalue weighted by Gasteiger charge is -2.32. The molecule has 0 bridgehead atoms. The predicted octanol–water partition coefficient (Wildman–Crippen LogP) is 3.95.